The van der Waals surface area contributed by atoms with Crippen LogP contribution in [0.1, 0.15) is 11.1 Å². The molecule has 4 aromatic rings. The molecule has 1 N–H and O–H groups in total. The molecule has 0 unspecified atom stereocenters. The van der Waals surface area contributed by atoms with Gasteiger partial charge in [-0.3, -0.25) is 0 Å². The number of ether oxygens (including phenoxy) is 1. The first-order valence-electron chi connectivity index (χ1n) is 9.85. The first-order chi connectivity index (χ1) is 15.0. The van der Waals surface area contributed by atoms with Gasteiger partial charge in [-0.05, 0) is 57.2 Å². The molecule has 0 aliphatic carbocycles. The summed E-state index contributed by atoms with van der Waals surface area (Å²) in [7, 11) is 0. The monoisotopic (exact) mass is 455 g/mol. The van der Waals surface area contributed by atoms with Crippen molar-refractivity contribution < 1.29 is 19.2 Å². The van der Waals surface area contributed by atoms with Crippen LogP contribution in [0.3, 0.4) is 0 Å². The zero-order valence-corrected chi connectivity index (χ0v) is 18.2. The Balaban J connectivity index is 1.46. The van der Waals surface area contributed by atoms with Crippen LogP contribution in [-0.4, -0.2) is 22.2 Å². The predicted octanol–water partition coefficient (Wildman–Crippen LogP) is 4.99. The van der Waals surface area contributed by atoms with Gasteiger partial charge in [0.15, 0.2) is 6.61 Å². The number of aromatic nitrogens is 2. The van der Waals surface area contributed by atoms with Crippen molar-refractivity contribution in [2.24, 2.45) is 0 Å². The lowest BCUT2D eigenvalue weighted by atomic mass is 10.0. The summed E-state index contributed by atoms with van der Waals surface area (Å²) in [6, 6.07) is 21.9. The third-order valence-corrected chi connectivity index (χ3v) is 5.98. The highest BCUT2D eigenvalue weighted by molar-refractivity contribution is 6.39. The zero-order valence-electron chi connectivity index (χ0n) is 16.7. The third kappa shape index (κ3) is 5.01. The second-order valence-electron chi connectivity index (χ2n) is 7.23. The Morgan fingerprint density at radius 3 is 2.52 bits per heavy atom. The maximum Gasteiger partial charge on any atom is 0.341 e. The lowest BCUT2D eigenvalue weighted by molar-refractivity contribution is -0.685. The molecule has 0 radical (unpaired) electrons. The van der Waals surface area contributed by atoms with Crippen molar-refractivity contribution in [2.75, 3.05) is 6.61 Å². The molecule has 31 heavy (non-hydrogen) atoms. The number of carboxylic acids is 1. The van der Waals surface area contributed by atoms with E-state index in [1.54, 1.807) is 12.1 Å². The SMILES string of the molecule is O=C(O)COc1ccc(C[n+]2cn(CCc3cccc4ccccc34)c(Cl)c2Cl)cc1. The molecule has 7 heteroatoms. The molecule has 4 rings (SSSR count). The molecule has 1 heterocycles. The van der Waals surface area contributed by atoms with E-state index < -0.39 is 5.97 Å². The number of benzene rings is 3. The summed E-state index contributed by atoms with van der Waals surface area (Å²) in [5.41, 5.74) is 2.26. The van der Waals surface area contributed by atoms with Gasteiger partial charge in [0, 0.05) is 6.42 Å². The minimum Gasteiger partial charge on any atom is -0.482 e. The second-order valence-corrected chi connectivity index (χ2v) is 7.95. The minimum atomic E-state index is -1.01. The minimum absolute atomic E-state index is 0.366. The Kier molecular flexibility index (Phi) is 6.44. The van der Waals surface area contributed by atoms with Crippen LogP contribution in [0.15, 0.2) is 73.1 Å². The lowest BCUT2D eigenvalue weighted by Crippen LogP contribution is -2.33. The number of hydrogen-bond donors (Lipinski definition) is 1. The van der Waals surface area contributed by atoms with Crippen LogP contribution in [0.2, 0.25) is 10.3 Å². The Bertz CT molecular complexity index is 1210. The van der Waals surface area contributed by atoms with Gasteiger partial charge in [0.05, 0.1) is 6.54 Å². The number of aryl methyl sites for hydroxylation is 2. The predicted molar refractivity (Wildman–Crippen MR) is 121 cm³/mol. The molecule has 0 atom stereocenters. The summed E-state index contributed by atoms with van der Waals surface area (Å²) in [4.78, 5) is 10.6. The van der Waals surface area contributed by atoms with Crippen molar-refractivity contribution in [1.29, 1.82) is 0 Å². The summed E-state index contributed by atoms with van der Waals surface area (Å²) in [6.07, 6.45) is 2.76. The van der Waals surface area contributed by atoms with E-state index in [0.29, 0.717) is 29.1 Å². The summed E-state index contributed by atoms with van der Waals surface area (Å²) in [5.74, 6) is -0.501. The van der Waals surface area contributed by atoms with Gasteiger partial charge < -0.3 is 9.84 Å². The first kappa shape index (κ1) is 21.2. The number of imidazole rings is 1. The Morgan fingerprint density at radius 1 is 1.00 bits per heavy atom. The van der Waals surface area contributed by atoms with Crippen LogP contribution in [0, 0.1) is 0 Å². The highest BCUT2D eigenvalue weighted by atomic mass is 35.5. The quantitative estimate of drug-likeness (QED) is 0.380. The Hall–Kier alpha value is -3.02. The summed E-state index contributed by atoms with van der Waals surface area (Å²) in [5, 5.41) is 12.1. The average Bonchev–Trinajstić information content (AvgIpc) is 3.05. The largest absolute Gasteiger partial charge is 0.482 e. The molecule has 0 fully saturated rings. The van der Waals surface area contributed by atoms with Gasteiger partial charge in [-0.1, -0.05) is 54.6 Å². The molecule has 0 aliphatic heterocycles. The van der Waals surface area contributed by atoms with Crippen molar-refractivity contribution >= 4 is 39.9 Å². The zero-order chi connectivity index (χ0) is 21.8. The third-order valence-electron chi connectivity index (χ3n) is 5.09. The number of halogens is 2. The van der Waals surface area contributed by atoms with Crippen molar-refractivity contribution in [3.63, 3.8) is 0 Å². The van der Waals surface area contributed by atoms with Gasteiger partial charge in [-0.15, -0.1) is 0 Å². The molecule has 0 spiro atoms. The standard InChI is InChI=1S/C24H20Cl2N2O3/c25-23-24(26)28(14-17-8-10-20(11-9-17)31-15-22(29)30)16-27(23)13-12-19-6-3-5-18-4-1-2-7-21(18)19/h1-11,16H,12-15H2/p+1. The number of carbonyl (C=O) groups is 1. The molecule has 0 bridgehead atoms. The van der Waals surface area contributed by atoms with Gasteiger partial charge >= 0.3 is 5.97 Å². The molecule has 0 saturated carbocycles. The molecule has 0 aliphatic rings. The highest BCUT2D eigenvalue weighted by Crippen LogP contribution is 2.23. The summed E-state index contributed by atoms with van der Waals surface area (Å²) >= 11 is 13.0. The van der Waals surface area contributed by atoms with E-state index in [9.17, 15) is 4.79 Å². The van der Waals surface area contributed by atoms with Crippen LogP contribution in [-0.2, 0) is 24.3 Å². The fraction of sp³-hybridized carbons (Fsp3) is 0.167. The van der Waals surface area contributed by atoms with Gasteiger partial charge in [0.1, 0.15) is 12.3 Å². The molecular weight excluding hydrogens is 435 g/mol. The van der Waals surface area contributed by atoms with Crippen molar-refractivity contribution in [1.82, 2.24) is 4.57 Å². The maximum absolute atomic E-state index is 10.6. The molecule has 0 amide bonds. The molecule has 1 aromatic heterocycles. The summed E-state index contributed by atoms with van der Waals surface area (Å²) < 4.78 is 9.01. The number of fused-ring (bicyclic) bond motifs is 1. The van der Waals surface area contributed by atoms with Crippen molar-refractivity contribution in [2.45, 2.75) is 19.5 Å². The van der Waals surface area contributed by atoms with E-state index >= 15 is 0 Å². The highest BCUT2D eigenvalue weighted by Gasteiger charge is 2.20. The van der Waals surface area contributed by atoms with Crippen LogP contribution in [0.4, 0.5) is 0 Å². The van der Waals surface area contributed by atoms with E-state index in [0.717, 1.165) is 12.0 Å². The topological polar surface area (TPSA) is 55.3 Å². The fourth-order valence-electron chi connectivity index (χ4n) is 3.56. The van der Waals surface area contributed by atoms with Gasteiger partial charge in [0.2, 0.25) is 6.33 Å². The Labute approximate surface area is 190 Å². The number of rotatable bonds is 8. The number of hydrogen-bond acceptors (Lipinski definition) is 2. The molecule has 0 saturated heterocycles. The van der Waals surface area contributed by atoms with Crippen LogP contribution in [0.25, 0.3) is 10.8 Å². The van der Waals surface area contributed by atoms with Gasteiger partial charge in [-0.25, -0.2) is 13.9 Å². The average molecular weight is 456 g/mol. The van der Waals surface area contributed by atoms with E-state index in [1.807, 2.05) is 33.7 Å². The second kappa shape index (κ2) is 9.41. The molecular formula is C24H21Cl2N2O3+. The normalized spacial score (nSPS) is 11.0. The first-order valence-corrected chi connectivity index (χ1v) is 10.6. The van der Waals surface area contributed by atoms with Crippen molar-refractivity contribution in [3.05, 3.63) is 94.5 Å². The van der Waals surface area contributed by atoms with Crippen molar-refractivity contribution in [3.8, 4) is 5.75 Å². The number of aliphatic carboxylic acids is 1. The number of nitrogens with zero attached hydrogens (tertiary/aromatic N) is 2. The van der Waals surface area contributed by atoms with E-state index in [1.165, 1.54) is 16.3 Å². The van der Waals surface area contributed by atoms with Crippen LogP contribution in [0.5, 0.6) is 5.75 Å². The Morgan fingerprint density at radius 2 is 1.74 bits per heavy atom. The molecule has 158 valence electrons. The van der Waals surface area contributed by atoms with Crippen LogP contribution < -0.4 is 9.30 Å². The molecule has 3 aromatic carbocycles. The lowest BCUT2D eigenvalue weighted by Gasteiger charge is -2.05. The van der Waals surface area contributed by atoms with E-state index in [2.05, 4.69) is 36.4 Å². The smallest absolute Gasteiger partial charge is 0.341 e. The van der Waals surface area contributed by atoms with E-state index in [-0.39, 0.29) is 6.61 Å². The fourth-order valence-corrected chi connectivity index (χ4v) is 4.01. The van der Waals surface area contributed by atoms with Crippen LogP contribution >= 0.6 is 23.2 Å². The molecule has 5 nitrogen and oxygen atoms in total. The van der Waals surface area contributed by atoms with E-state index in [4.69, 9.17) is 33.0 Å². The summed E-state index contributed by atoms with van der Waals surface area (Å²) in [6.45, 7) is 0.885. The van der Waals surface area contributed by atoms with Gasteiger partial charge in [-0.2, -0.15) is 0 Å². The number of carboxylic acid groups (broad SMARTS) is 1. The van der Waals surface area contributed by atoms with Gasteiger partial charge in [0.25, 0.3) is 10.3 Å². The maximum atomic E-state index is 10.6.